The van der Waals surface area contributed by atoms with Crippen LogP contribution in [0.15, 0.2) is 24.3 Å². The van der Waals surface area contributed by atoms with Gasteiger partial charge in [0.05, 0.1) is 19.5 Å². The number of fused-ring (bicyclic) bond motifs is 1. The molecule has 0 saturated carbocycles. The predicted octanol–water partition coefficient (Wildman–Crippen LogP) is 2.07. The summed E-state index contributed by atoms with van der Waals surface area (Å²) in [5.41, 5.74) is 2.63. The summed E-state index contributed by atoms with van der Waals surface area (Å²) in [6.07, 6.45) is 0.786. The Balaban J connectivity index is 1.51. The van der Waals surface area contributed by atoms with Crippen LogP contribution in [-0.2, 0) is 16.0 Å². The summed E-state index contributed by atoms with van der Waals surface area (Å²) in [5.74, 6) is 0.0883. The molecule has 1 spiro atoms. The van der Waals surface area contributed by atoms with E-state index in [0.717, 1.165) is 22.2 Å². The van der Waals surface area contributed by atoms with Gasteiger partial charge in [0.15, 0.2) is 5.60 Å². The summed E-state index contributed by atoms with van der Waals surface area (Å²) in [5, 5.41) is 1.10. The number of nitrogens with zero attached hydrogens (tertiary/aromatic N) is 2. The average Bonchev–Trinajstić information content (AvgIpc) is 3.18. The van der Waals surface area contributed by atoms with E-state index in [4.69, 9.17) is 4.74 Å². The minimum Gasteiger partial charge on any atom is -0.439 e. The van der Waals surface area contributed by atoms with E-state index in [9.17, 15) is 9.59 Å². The molecule has 0 bridgehead atoms. The first kappa shape index (κ1) is 15.1. The second kappa shape index (κ2) is 5.26. The Morgan fingerprint density at radius 1 is 1.33 bits per heavy atom. The lowest BCUT2D eigenvalue weighted by Gasteiger charge is -2.21. The summed E-state index contributed by atoms with van der Waals surface area (Å²) >= 11 is 0. The number of aromatic nitrogens is 1. The first-order valence-electron chi connectivity index (χ1n) is 8.25. The van der Waals surface area contributed by atoms with Crippen LogP contribution in [0.5, 0.6) is 0 Å². The maximum Gasteiger partial charge on any atom is 0.410 e. The van der Waals surface area contributed by atoms with Gasteiger partial charge in [-0.25, -0.2) is 4.79 Å². The van der Waals surface area contributed by atoms with Gasteiger partial charge in [0.1, 0.15) is 0 Å². The number of aromatic amines is 1. The fraction of sp³-hybridized carbons (Fsp3) is 0.444. The lowest BCUT2D eigenvalue weighted by Crippen LogP contribution is -2.39. The van der Waals surface area contributed by atoms with Crippen molar-refractivity contribution in [2.24, 2.45) is 0 Å². The van der Waals surface area contributed by atoms with Gasteiger partial charge in [0, 0.05) is 36.6 Å². The molecular weight excluding hydrogens is 306 g/mol. The predicted molar refractivity (Wildman–Crippen MR) is 89.8 cm³/mol. The first-order chi connectivity index (χ1) is 11.5. The van der Waals surface area contributed by atoms with E-state index in [1.165, 1.54) is 0 Å². The van der Waals surface area contributed by atoms with Crippen LogP contribution in [0.3, 0.4) is 0 Å². The van der Waals surface area contributed by atoms with Crippen molar-refractivity contribution in [3.05, 3.63) is 35.5 Å². The molecule has 2 fully saturated rings. The van der Waals surface area contributed by atoms with Crippen LogP contribution in [0.4, 0.5) is 4.79 Å². The van der Waals surface area contributed by atoms with Crippen LogP contribution in [0.1, 0.15) is 17.7 Å². The quantitative estimate of drug-likeness (QED) is 0.918. The minimum atomic E-state index is -0.517. The summed E-state index contributed by atoms with van der Waals surface area (Å²) < 4.78 is 5.52. The van der Waals surface area contributed by atoms with Crippen LogP contribution in [0, 0.1) is 6.92 Å². The number of hydrogen-bond acceptors (Lipinski definition) is 3. The molecule has 4 rings (SSSR count). The molecule has 2 aromatic rings. The molecule has 1 atom stereocenters. The highest BCUT2D eigenvalue weighted by atomic mass is 16.6. The van der Waals surface area contributed by atoms with Crippen molar-refractivity contribution in [3.8, 4) is 0 Å². The third-order valence-corrected chi connectivity index (χ3v) is 5.16. The summed E-state index contributed by atoms with van der Waals surface area (Å²) in [7, 11) is 1.73. The van der Waals surface area contributed by atoms with Crippen LogP contribution in [0.2, 0.25) is 0 Å². The summed E-state index contributed by atoms with van der Waals surface area (Å²) in [6.45, 7) is 3.69. The van der Waals surface area contributed by atoms with Gasteiger partial charge >= 0.3 is 6.09 Å². The normalized spacial score (nSPS) is 23.5. The van der Waals surface area contributed by atoms with Gasteiger partial charge in [0.25, 0.3) is 0 Å². The molecule has 2 aliphatic heterocycles. The third-order valence-electron chi connectivity index (χ3n) is 5.16. The average molecular weight is 327 g/mol. The molecule has 1 aromatic carbocycles. The highest BCUT2D eigenvalue weighted by molar-refractivity contribution is 5.90. The molecule has 126 valence electrons. The molecule has 1 aromatic heterocycles. The number of amides is 2. The summed E-state index contributed by atoms with van der Waals surface area (Å²) in [4.78, 5) is 31.2. The number of H-pyrrole nitrogens is 1. The Labute approximate surface area is 140 Å². The zero-order valence-electron chi connectivity index (χ0n) is 14.0. The number of aryl methyl sites for hydroxylation is 1. The van der Waals surface area contributed by atoms with Crippen molar-refractivity contribution in [1.82, 2.24) is 14.8 Å². The molecule has 6 heteroatoms. The van der Waals surface area contributed by atoms with Crippen LogP contribution < -0.4 is 0 Å². The zero-order chi connectivity index (χ0) is 16.9. The number of para-hydroxylation sites is 1. The number of likely N-dealkylation sites (N-methyl/N-ethyl adjacent to an activating group) is 1. The number of likely N-dealkylation sites (tertiary alicyclic amines) is 1. The highest BCUT2D eigenvalue weighted by Gasteiger charge is 2.49. The molecule has 1 N–H and O–H groups in total. The second-order valence-corrected chi connectivity index (χ2v) is 6.92. The molecule has 0 radical (unpaired) electrons. The van der Waals surface area contributed by atoms with Crippen LogP contribution >= 0.6 is 0 Å². The molecule has 0 aliphatic carbocycles. The number of carbonyl (C=O) groups excluding carboxylic acids is 2. The Bertz CT molecular complexity index is 828. The molecule has 2 saturated heterocycles. The largest absolute Gasteiger partial charge is 0.439 e. The van der Waals surface area contributed by atoms with Gasteiger partial charge in [-0.15, -0.1) is 0 Å². The molecule has 0 unspecified atom stereocenters. The molecule has 2 amide bonds. The maximum absolute atomic E-state index is 12.8. The van der Waals surface area contributed by atoms with Gasteiger partial charge in [0.2, 0.25) is 5.91 Å². The fourth-order valence-electron chi connectivity index (χ4n) is 3.89. The van der Waals surface area contributed by atoms with Crippen molar-refractivity contribution < 1.29 is 14.3 Å². The van der Waals surface area contributed by atoms with Crippen LogP contribution in [-0.4, -0.2) is 59.1 Å². The van der Waals surface area contributed by atoms with Gasteiger partial charge < -0.3 is 19.5 Å². The van der Waals surface area contributed by atoms with E-state index < -0.39 is 5.60 Å². The van der Waals surface area contributed by atoms with Gasteiger partial charge in [-0.05, 0) is 18.6 Å². The van der Waals surface area contributed by atoms with Crippen molar-refractivity contribution in [2.45, 2.75) is 25.4 Å². The van der Waals surface area contributed by atoms with Crippen molar-refractivity contribution in [2.75, 3.05) is 26.7 Å². The number of hydrogen-bond donors (Lipinski definition) is 1. The van der Waals surface area contributed by atoms with Crippen LogP contribution in [0.25, 0.3) is 10.9 Å². The molecule has 3 heterocycles. The van der Waals surface area contributed by atoms with Crippen molar-refractivity contribution >= 4 is 22.9 Å². The van der Waals surface area contributed by atoms with Gasteiger partial charge in [-0.3, -0.25) is 4.79 Å². The number of ether oxygens (including phenoxy) is 1. The molecule has 6 nitrogen and oxygen atoms in total. The van der Waals surface area contributed by atoms with E-state index in [0.29, 0.717) is 32.5 Å². The Hall–Kier alpha value is -2.50. The number of nitrogens with one attached hydrogen (secondary N) is 1. The standard InChI is InChI=1S/C18H21N3O3/c1-12-14(13-5-3-4-6-15(13)19-12)9-16(22)21-8-7-18(11-21)10-20(2)17(23)24-18/h3-6,19H,7-11H2,1-2H3/t18-/m1/s1. The minimum absolute atomic E-state index is 0.0883. The van der Waals surface area contributed by atoms with E-state index in [1.54, 1.807) is 11.9 Å². The Morgan fingerprint density at radius 3 is 2.88 bits per heavy atom. The zero-order valence-corrected chi connectivity index (χ0v) is 14.0. The van der Waals surface area contributed by atoms with Crippen molar-refractivity contribution in [3.63, 3.8) is 0 Å². The molecule has 24 heavy (non-hydrogen) atoms. The highest BCUT2D eigenvalue weighted by Crippen LogP contribution is 2.32. The Kier molecular flexibility index (Phi) is 3.30. The van der Waals surface area contributed by atoms with E-state index >= 15 is 0 Å². The molecule has 2 aliphatic rings. The monoisotopic (exact) mass is 327 g/mol. The van der Waals surface area contributed by atoms with E-state index in [1.807, 2.05) is 36.1 Å². The van der Waals surface area contributed by atoms with Crippen molar-refractivity contribution in [1.29, 1.82) is 0 Å². The Morgan fingerprint density at radius 2 is 2.12 bits per heavy atom. The van der Waals surface area contributed by atoms with E-state index in [-0.39, 0.29) is 12.0 Å². The SMILES string of the molecule is Cc1[nH]c2ccccc2c1CC(=O)N1CC[C@@]2(CN(C)C(=O)O2)C1. The topological polar surface area (TPSA) is 65.6 Å². The fourth-order valence-corrected chi connectivity index (χ4v) is 3.89. The number of carbonyl (C=O) groups is 2. The summed E-state index contributed by atoms with van der Waals surface area (Å²) in [6, 6.07) is 8.04. The lowest BCUT2D eigenvalue weighted by molar-refractivity contribution is -0.130. The third kappa shape index (κ3) is 2.33. The maximum atomic E-state index is 12.8. The van der Waals surface area contributed by atoms with Gasteiger partial charge in [-0.2, -0.15) is 0 Å². The first-order valence-corrected chi connectivity index (χ1v) is 8.25. The lowest BCUT2D eigenvalue weighted by atomic mass is 10.0. The number of benzene rings is 1. The van der Waals surface area contributed by atoms with E-state index in [2.05, 4.69) is 4.98 Å². The second-order valence-electron chi connectivity index (χ2n) is 6.92. The van der Waals surface area contributed by atoms with Gasteiger partial charge in [-0.1, -0.05) is 18.2 Å². The smallest absolute Gasteiger partial charge is 0.410 e. The molecular formula is C18H21N3O3. The number of rotatable bonds is 2.